The van der Waals surface area contributed by atoms with Crippen molar-refractivity contribution in [2.75, 3.05) is 19.6 Å². The van der Waals surface area contributed by atoms with Crippen molar-refractivity contribution in [2.24, 2.45) is 5.92 Å². The van der Waals surface area contributed by atoms with Gasteiger partial charge in [0.15, 0.2) is 0 Å². The molecule has 2 N–H and O–H groups in total. The predicted octanol–water partition coefficient (Wildman–Crippen LogP) is 2.91. The smallest absolute Gasteiger partial charge is 0.336 e. The fourth-order valence-corrected chi connectivity index (χ4v) is 4.84. The Hall–Kier alpha value is -2.22. The summed E-state index contributed by atoms with van der Waals surface area (Å²) in [4.78, 5) is 27.3. The second-order valence-corrected chi connectivity index (χ2v) is 8.44. The number of rotatable bonds is 7. The number of benzene rings is 1. The van der Waals surface area contributed by atoms with Gasteiger partial charge in [0.2, 0.25) is 0 Å². The van der Waals surface area contributed by atoms with E-state index >= 15 is 0 Å². The molecule has 5 rings (SSSR count). The summed E-state index contributed by atoms with van der Waals surface area (Å²) in [7, 11) is 0. The van der Waals surface area contributed by atoms with E-state index < -0.39 is 12.0 Å². The highest BCUT2D eigenvalue weighted by molar-refractivity contribution is 7.10. The van der Waals surface area contributed by atoms with Crippen molar-refractivity contribution in [3.63, 3.8) is 0 Å². The molecule has 3 aliphatic rings. The molecule has 28 heavy (non-hydrogen) atoms. The van der Waals surface area contributed by atoms with Gasteiger partial charge in [-0.2, -0.15) is 0 Å². The number of piperidine rings is 3. The van der Waals surface area contributed by atoms with Gasteiger partial charge in [-0.1, -0.05) is 30.3 Å². The molecule has 0 spiro atoms. The topological polar surface area (TPSA) is 78.9 Å². The van der Waals surface area contributed by atoms with Crippen molar-refractivity contribution in [2.45, 2.75) is 31.5 Å². The Labute approximate surface area is 168 Å². The van der Waals surface area contributed by atoms with Crippen LogP contribution in [0.15, 0.2) is 41.8 Å². The zero-order valence-electron chi connectivity index (χ0n) is 15.5. The lowest BCUT2D eigenvalue weighted by Gasteiger charge is -2.44. The molecule has 0 radical (unpaired) electrons. The van der Waals surface area contributed by atoms with Gasteiger partial charge in [0.25, 0.3) is 0 Å². The second kappa shape index (κ2) is 8.43. The van der Waals surface area contributed by atoms with Crippen LogP contribution >= 0.6 is 11.3 Å². The number of nitrogens with zero attached hydrogens (tertiary/aromatic N) is 1. The number of carboxylic acids is 1. The van der Waals surface area contributed by atoms with Crippen LogP contribution in [0.3, 0.4) is 0 Å². The van der Waals surface area contributed by atoms with Gasteiger partial charge in [-0.05, 0) is 43.5 Å². The zero-order chi connectivity index (χ0) is 19.5. The first-order chi connectivity index (χ1) is 13.6. The van der Waals surface area contributed by atoms with E-state index in [0.717, 1.165) is 42.9 Å². The van der Waals surface area contributed by atoms with Crippen LogP contribution in [0.5, 0.6) is 0 Å². The summed E-state index contributed by atoms with van der Waals surface area (Å²) in [6.07, 6.45) is 2.15. The number of carbonyl (C=O) groups excluding carboxylic acids is 1. The molecule has 1 aromatic carbocycles. The van der Waals surface area contributed by atoms with Crippen molar-refractivity contribution >= 4 is 23.3 Å². The largest absolute Gasteiger partial charge is 0.478 e. The first-order valence-corrected chi connectivity index (χ1v) is 10.5. The molecule has 1 unspecified atom stereocenters. The van der Waals surface area contributed by atoms with Gasteiger partial charge in [0, 0.05) is 23.3 Å². The van der Waals surface area contributed by atoms with Crippen LogP contribution in [0.4, 0.5) is 0 Å². The van der Waals surface area contributed by atoms with Crippen LogP contribution in [-0.4, -0.2) is 47.7 Å². The molecule has 2 atom stereocenters. The maximum absolute atomic E-state index is 13.0. The number of esters is 1. The third kappa shape index (κ3) is 4.27. The number of nitrogens with one attached hydrogen (secondary N) is 1. The maximum Gasteiger partial charge on any atom is 0.336 e. The summed E-state index contributed by atoms with van der Waals surface area (Å²) in [6, 6.07) is 10.6. The van der Waals surface area contributed by atoms with Gasteiger partial charge in [-0.3, -0.25) is 10.2 Å². The molecule has 3 saturated heterocycles. The van der Waals surface area contributed by atoms with Crippen LogP contribution < -0.4 is 5.32 Å². The Morgan fingerprint density at radius 2 is 2.00 bits per heavy atom. The van der Waals surface area contributed by atoms with Crippen LogP contribution in [0.1, 0.15) is 39.7 Å². The van der Waals surface area contributed by atoms with E-state index in [1.807, 2.05) is 30.3 Å². The Kier molecular flexibility index (Phi) is 5.75. The first-order valence-electron chi connectivity index (χ1n) is 9.62. The van der Waals surface area contributed by atoms with E-state index in [4.69, 9.17) is 9.84 Å². The lowest BCUT2D eigenvalue weighted by molar-refractivity contribution is -0.161. The minimum absolute atomic E-state index is 0.0386. The second-order valence-electron chi connectivity index (χ2n) is 7.44. The Balaban J connectivity index is 1.45. The van der Waals surface area contributed by atoms with E-state index in [0.29, 0.717) is 12.5 Å². The summed E-state index contributed by atoms with van der Waals surface area (Å²) in [6.45, 7) is 3.43. The van der Waals surface area contributed by atoms with E-state index in [1.54, 1.807) is 11.4 Å². The van der Waals surface area contributed by atoms with Crippen molar-refractivity contribution in [3.05, 3.63) is 57.8 Å². The monoisotopic (exact) mass is 400 g/mol. The first kappa shape index (κ1) is 19.1. The van der Waals surface area contributed by atoms with Gasteiger partial charge in [-0.15, -0.1) is 11.3 Å². The number of hydrogen-bond donors (Lipinski definition) is 2. The van der Waals surface area contributed by atoms with Gasteiger partial charge >= 0.3 is 11.9 Å². The molecule has 2 aromatic rings. The quantitative estimate of drug-likeness (QED) is 0.696. The van der Waals surface area contributed by atoms with Crippen molar-refractivity contribution in [1.82, 2.24) is 10.2 Å². The average Bonchev–Trinajstić information content (AvgIpc) is 3.19. The third-order valence-corrected chi connectivity index (χ3v) is 6.55. The number of fused-ring (bicyclic) bond motifs is 3. The molecule has 3 aliphatic heterocycles. The normalized spacial score (nSPS) is 24.6. The van der Waals surface area contributed by atoms with Crippen LogP contribution in [0.25, 0.3) is 0 Å². The van der Waals surface area contributed by atoms with E-state index in [2.05, 4.69) is 10.2 Å². The lowest BCUT2D eigenvalue weighted by atomic mass is 9.86. The minimum atomic E-state index is -0.941. The Morgan fingerprint density at radius 1 is 1.25 bits per heavy atom. The molecular formula is C21H24N2O4S. The van der Waals surface area contributed by atoms with Crippen molar-refractivity contribution in [1.29, 1.82) is 0 Å². The molecule has 0 aliphatic carbocycles. The number of hydrogen-bond acceptors (Lipinski definition) is 6. The minimum Gasteiger partial charge on any atom is -0.478 e. The van der Waals surface area contributed by atoms with Crippen LogP contribution in [-0.2, 0) is 16.1 Å². The summed E-state index contributed by atoms with van der Waals surface area (Å²) in [5.74, 6) is -0.746. The predicted molar refractivity (Wildman–Crippen MR) is 106 cm³/mol. The fourth-order valence-electron chi connectivity index (χ4n) is 4.03. The van der Waals surface area contributed by atoms with Crippen molar-refractivity contribution < 1.29 is 19.4 Å². The zero-order valence-corrected chi connectivity index (χ0v) is 16.4. The highest BCUT2D eigenvalue weighted by Crippen LogP contribution is 2.30. The van der Waals surface area contributed by atoms with Gasteiger partial charge in [0.1, 0.15) is 12.1 Å². The molecule has 2 bridgehead atoms. The van der Waals surface area contributed by atoms with Gasteiger partial charge in [-0.25, -0.2) is 9.59 Å². The molecule has 0 amide bonds. The summed E-state index contributed by atoms with van der Waals surface area (Å²) in [5.41, 5.74) is 1.12. The molecular weight excluding hydrogens is 376 g/mol. The number of carboxylic acid groups (broad SMARTS) is 1. The highest BCUT2D eigenvalue weighted by atomic mass is 32.1. The number of thiophene rings is 1. The fraction of sp³-hybridized carbons (Fsp3) is 0.429. The molecule has 7 heteroatoms. The van der Waals surface area contributed by atoms with Crippen molar-refractivity contribution in [3.8, 4) is 0 Å². The third-order valence-electron chi connectivity index (χ3n) is 5.61. The maximum atomic E-state index is 13.0. The average molecular weight is 401 g/mol. The van der Waals surface area contributed by atoms with Gasteiger partial charge in [0.05, 0.1) is 5.56 Å². The molecule has 1 aromatic heterocycles. The Bertz CT molecular complexity index is 830. The Morgan fingerprint density at radius 3 is 2.61 bits per heavy atom. The summed E-state index contributed by atoms with van der Waals surface area (Å²) < 4.78 is 5.94. The summed E-state index contributed by atoms with van der Waals surface area (Å²) >= 11 is 1.37. The molecule has 0 saturated carbocycles. The van der Waals surface area contributed by atoms with E-state index in [9.17, 15) is 9.59 Å². The van der Waals surface area contributed by atoms with Gasteiger partial charge < -0.3 is 9.84 Å². The van der Waals surface area contributed by atoms with Crippen LogP contribution in [0, 0.1) is 5.92 Å². The molecule has 4 heterocycles. The number of carbonyl (C=O) groups is 2. The summed E-state index contributed by atoms with van der Waals surface area (Å²) in [5, 5.41) is 14.0. The molecule has 3 fully saturated rings. The van der Waals surface area contributed by atoms with E-state index in [1.165, 1.54) is 11.3 Å². The highest BCUT2D eigenvalue weighted by Gasteiger charge is 2.37. The van der Waals surface area contributed by atoms with Crippen LogP contribution in [0.2, 0.25) is 0 Å². The standard InChI is InChI=1S/C21H24N2O4S/c24-20(25)16-10-17(28-13-16)11-22-19(15-4-2-1-3-5-15)21(26)27-18-12-23-8-6-14(18)7-9-23/h1-5,10,13-14,18-19,22H,6-9,11-12H2,(H,24,25)/t18-,19?/m0/s1. The SMILES string of the molecule is O=C(O)c1csc(CNC(C(=O)O[C@H]2CN3CCC2CC3)c2ccccc2)c1. The molecule has 148 valence electrons. The lowest BCUT2D eigenvalue weighted by Crippen LogP contribution is -2.52. The molecule has 6 nitrogen and oxygen atoms in total. The number of ether oxygens (including phenoxy) is 1. The number of aromatic carboxylic acids is 1. The van der Waals surface area contributed by atoms with E-state index in [-0.39, 0.29) is 17.6 Å².